The first kappa shape index (κ1) is 20.3. The summed E-state index contributed by atoms with van der Waals surface area (Å²) in [6.07, 6.45) is 4.73. The fourth-order valence-electron chi connectivity index (χ4n) is 2.84. The van der Waals surface area contributed by atoms with E-state index < -0.39 is 15.9 Å². The van der Waals surface area contributed by atoms with Crippen molar-refractivity contribution in [1.82, 2.24) is 9.73 Å². The molecule has 1 N–H and O–H groups in total. The topological polar surface area (TPSA) is 78.8 Å². The van der Waals surface area contributed by atoms with Crippen molar-refractivity contribution >= 4 is 39.8 Å². The molecule has 1 amide bonds. The van der Waals surface area contributed by atoms with Crippen LogP contribution in [0.1, 0.15) is 28.8 Å². The third-order valence-electron chi connectivity index (χ3n) is 4.26. The first-order valence-corrected chi connectivity index (χ1v) is 10.6. The summed E-state index contributed by atoms with van der Waals surface area (Å²) >= 11 is 6.08. The number of amides is 1. The number of benzene rings is 2. The molecule has 8 heteroatoms. The molecule has 1 aliphatic heterocycles. The Bertz CT molecular complexity index is 998. The molecule has 1 fully saturated rings. The van der Waals surface area contributed by atoms with Gasteiger partial charge >= 0.3 is 0 Å². The second-order valence-corrected chi connectivity index (χ2v) is 8.65. The molecule has 6 nitrogen and oxygen atoms in total. The monoisotopic (exact) mass is 417 g/mol. The lowest BCUT2D eigenvalue weighted by Crippen LogP contribution is -2.28. The van der Waals surface area contributed by atoms with Gasteiger partial charge in [-0.05, 0) is 42.7 Å². The molecule has 1 heterocycles. The third kappa shape index (κ3) is 5.07. The smallest absolute Gasteiger partial charge is 0.267 e. The molecule has 0 bridgehead atoms. The van der Waals surface area contributed by atoms with Crippen molar-refractivity contribution in [3.05, 3.63) is 70.8 Å². The van der Waals surface area contributed by atoms with Crippen molar-refractivity contribution in [3.63, 3.8) is 0 Å². The van der Waals surface area contributed by atoms with Crippen LogP contribution in [0.2, 0.25) is 0 Å². The number of hydrazone groups is 1. The molecule has 0 aromatic heterocycles. The summed E-state index contributed by atoms with van der Waals surface area (Å²) in [7, 11) is -3.58. The predicted molar refractivity (Wildman–Crippen MR) is 111 cm³/mol. The Hall–Kier alpha value is -2.48. The Labute approximate surface area is 169 Å². The van der Waals surface area contributed by atoms with E-state index in [-0.39, 0.29) is 10.5 Å². The zero-order chi connectivity index (χ0) is 20.0. The summed E-state index contributed by atoms with van der Waals surface area (Å²) in [6, 6.07) is 15.4. The van der Waals surface area contributed by atoms with Gasteiger partial charge in [-0.3, -0.25) is 4.79 Å². The zero-order valence-electron chi connectivity index (χ0n) is 15.1. The summed E-state index contributed by atoms with van der Waals surface area (Å²) in [4.78, 5) is 12.4. The maximum atomic E-state index is 12.6. The van der Waals surface area contributed by atoms with E-state index in [1.807, 2.05) is 30.3 Å². The number of nitrogens with one attached hydrogen (secondary N) is 1. The molecule has 3 rings (SSSR count). The van der Waals surface area contributed by atoms with Crippen LogP contribution in [0.15, 0.2) is 69.6 Å². The van der Waals surface area contributed by atoms with Gasteiger partial charge in [0, 0.05) is 18.7 Å². The normalized spacial score (nSPS) is 15.8. The van der Waals surface area contributed by atoms with E-state index in [2.05, 4.69) is 10.5 Å². The van der Waals surface area contributed by atoms with E-state index in [1.54, 1.807) is 12.1 Å². The molecule has 0 unspecified atom stereocenters. The first-order valence-electron chi connectivity index (χ1n) is 8.83. The first-order chi connectivity index (χ1) is 13.5. The lowest BCUT2D eigenvalue weighted by molar-refractivity contribution is 0.0955. The van der Waals surface area contributed by atoms with Gasteiger partial charge in [-0.2, -0.15) is 9.41 Å². The van der Waals surface area contributed by atoms with Crippen molar-refractivity contribution in [2.45, 2.75) is 17.7 Å². The summed E-state index contributed by atoms with van der Waals surface area (Å²) in [6.45, 7) is 1.02. The number of allylic oxidation sites excluding steroid dienone is 1. The minimum atomic E-state index is -3.58. The van der Waals surface area contributed by atoms with Gasteiger partial charge in [0.15, 0.2) is 0 Å². The van der Waals surface area contributed by atoms with Crippen LogP contribution in [0.5, 0.6) is 0 Å². The Balaban J connectivity index is 1.67. The van der Waals surface area contributed by atoms with Crippen molar-refractivity contribution in [3.8, 4) is 0 Å². The molecule has 2 aromatic rings. The van der Waals surface area contributed by atoms with Crippen LogP contribution in [-0.4, -0.2) is 37.9 Å². The summed E-state index contributed by atoms with van der Waals surface area (Å²) in [5, 5.41) is 4.17. The van der Waals surface area contributed by atoms with Crippen LogP contribution in [0.25, 0.3) is 6.08 Å². The zero-order valence-corrected chi connectivity index (χ0v) is 16.7. The number of nitrogens with zero attached hydrogens (tertiary/aromatic N) is 2. The molecule has 0 aliphatic carbocycles. The molecule has 0 radical (unpaired) electrons. The molecule has 2 aromatic carbocycles. The molecule has 28 heavy (non-hydrogen) atoms. The molecular formula is C20H20ClN3O3S. The van der Waals surface area contributed by atoms with Gasteiger partial charge in [-0.1, -0.05) is 48.0 Å². The van der Waals surface area contributed by atoms with E-state index in [9.17, 15) is 13.2 Å². The van der Waals surface area contributed by atoms with E-state index in [0.29, 0.717) is 18.1 Å². The maximum Gasteiger partial charge on any atom is 0.271 e. The van der Waals surface area contributed by atoms with Gasteiger partial charge in [0.1, 0.15) is 0 Å². The van der Waals surface area contributed by atoms with E-state index in [0.717, 1.165) is 18.4 Å². The number of rotatable bonds is 6. The van der Waals surface area contributed by atoms with E-state index in [1.165, 1.54) is 28.7 Å². The molecule has 0 atom stereocenters. The lowest BCUT2D eigenvalue weighted by atomic mass is 10.2. The van der Waals surface area contributed by atoms with Crippen molar-refractivity contribution in [2.75, 3.05) is 13.1 Å². The van der Waals surface area contributed by atoms with Crippen molar-refractivity contribution in [1.29, 1.82) is 0 Å². The number of hydrogen-bond acceptors (Lipinski definition) is 4. The molecule has 1 aliphatic rings. The molecular weight excluding hydrogens is 398 g/mol. The van der Waals surface area contributed by atoms with Crippen LogP contribution in [0.4, 0.5) is 0 Å². The molecule has 0 spiro atoms. The lowest BCUT2D eigenvalue weighted by Gasteiger charge is -2.15. The minimum Gasteiger partial charge on any atom is -0.267 e. The van der Waals surface area contributed by atoms with Crippen LogP contribution >= 0.6 is 11.6 Å². The number of sulfonamides is 1. The van der Waals surface area contributed by atoms with Gasteiger partial charge in [-0.25, -0.2) is 13.8 Å². The number of hydrogen-bond donors (Lipinski definition) is 1. The average molecular weight is 418 g/mol. The Morgan fingerprint density at radius 2 is 1.79 bits per heavy atom. The maximum absolute atomic E-state index is 12.6. The van der Waals surface area contributed by atoms with Gasteiger partial charge in [-0.15, -0.1) is 0 Å². The van der Waals surface area contributed by atoms with E-state index >= 15 is 0 Å². The highest BCUT2D eigenvalue weighted by Gasteiger charge is 2.27. The Morgan fingerprint density at radius 3 is 2.50 bits per heavy atom. The minimum absolute atomic E-state index is 0.105. The van der Waals surface area contributed by atoms with Crippen LogP contribution < -0.4 is 5.43 Å². The quantitative estimate of drug-likeness (QED) is 0.577. The molecule has 146 valence electrons. The fraction of sp³-hybridized carbons (Fsp3) is 0.200. The third-order valence-corrected chi connectivity index (χ3v) is 6.36. The molecule has 0 saturated carbocycles. The van der Waals surface area contributed by atoms with Gasteiger partial charge in [0.25, 0.3) is 5.91 Å². The van der Waals surface area contributed by atoms with Gasteiger partial charge in [0.2, 0.25) is 10.0 Å². The highest BCUT2D eigenvalue weighted by molar-refractivity contribution is 7.89. The Morgan fingerprint density at radius 1 is 1.07 bits per heavy atom. The van der Waals surface area contributed by atoms with Crippen LogP contribution in [0.3, 0.4) is 0 Å². The van der Waals surface area contributed by atoms with Crippen molar-refractivity contribution in [2.24, 2.45) is 5.10 Å². The average Bonchev–Trinajstić information content (AvgIpc) is 3.24. The number of halogens is 1. The Kier molecular flexibility index (Phi) is 6.61. The standard InChI is InChI=1S/C20H20ClN3O3S/c21-18(13-16-7-2-1-3-8-16)15-22-23-20(25)17-9-6-10-19(14-17)28(26,27)24-11-4-5-12-24/h1-3,6-10,13-15H,4-5,11-12H2,(H,23,25)/b18-13-,22-15+. The number of carbonyl (C=O) groups excluding carboxylic acids is 1. The predicted octanol–water partition coefficient (Wildman–Crippen LogP) is 3.47. The summed E-state index contributed by atoms with van der Waals surface area (Å²) < 4.78 is 26.7. The van der Waals surface area contributed by atoms with Crippen molar-refractivity contribution < 1.29 is 13.2 Å². The SMILES string of the molecule is O=C(N/N=C/C(Cl)=C/c1ccccc1)c1cccc(S(=O)(=O)N2CCCC2)c1. The van der Waals surface area contributed by atoms with Gasteiger partial charge < -0.3 is 0 Å². The van der Waals surface area contributed by atoms with Crippen LogP contribution in [0, 0.1) is 0 Å². The summed E-state index contributed by atoms with van der Waals surface area (Å²) in [5.41, 5.74) is 3.48. The fourth-order valence-corrected chi connectivity index (χ4v) is 4.58. The second kappa shape index (κ2) is 9.14. The number of carbonyl (C=O) groups is 1. The highest BCUT2D eigenvalue weighted by Crippen LogP contribution is 2.21. The second-order valence-electron chi connectivity index (χ2n) is 6.28. The summed E-state index contributed by atoms with van der Waals surface area (Å²) in [5.74, 6) is -0.515. The highest BCUT2D eigenvalue weighted by atomic mass is 35.5. The largest absolute Gasteiger partial charge is 0.271 e. The van der Waals surface area contributed by atoms with Crippen LogP contribution in [-0.2, 0) is 10.0 Å². The van der Waals surface area contributed by atoms with Gasteiger partial charge in [0.05, 0.1) is 16.1 Å². The molecule has 1 saturated heterocycles. The van der Waals surface area contributed by atoms with E-state index in [4.69, 9.17) is 11.6 Å².